The molecule has 2 unspecified atom stereocenters. The quantitative estimate of drug-likeness (QED) is 0.864. The normalized spacial score (nSPS) is 23.8. The summed E-state index contributed by atoms with van der Waals surface area (Å²) in [5.41, 5.74) is 2.92. The van der Waals surface area contributed by atoms with E-state index in [1.54, 1.807) is 0 Å². The van der Waals surface area contributed by atoms with Crippen molar-refractivity contribution in [3.8, 4) is 0 Å². The molecule has 3 nitrogen and oxygen atoms in total. The van der Waals surface area contributed by atoms with Gasteiger partial charge in [0.05, 0.1) is 11.5 Å². The van der Waals surface area contributed by atoms with Crippen molar-refractivity contribution >= 4 is 17.5 Å². The Kier molecular flexibility index (Phi) is 3.76. The van der Waals surface area contributed by atoms with Gasteiger partial charge in [-0.1, -0.05) is 12.1 Å². The molecular formula is C15H18ClNO2. The molecule has 3 rings (SSSR count). The van der Waals surface area contributed by atoms with Crippen molar-refractivity contribution in [1.29, 1.82) is 0 Å². The number of halogens is 1. The molecule has 2 aliphatic rings. The van der Waals surface area contributed by atoms with Gasteiger partial charge in [0.2, 0.25) is 0 Å². The molecule has 1 aromatic rings. The number of amides is 1. The van der Waals surface area contributed by atoms with Crippen molar-refractivity contribution in [2.45, 2.75) is 37.2 Å². The van der Waals surface area contributed by atoms with Crippen LogP contribution in [0.5, 0.6) is 0 Å². The number of carbonyl (C=O) groups excluding carboxylic acids is 1. The van der Waals surface area contributed by atoms with E-state index in [1.165, 1.54) is 0 Å². The fourth-order valence-corrected chi connectivity index (χ4v) is 3.16. The Morgan fingerprint density at radius 1 is 1.47 bits per heavy atom. The zero-order valence-corrected chi connectivity index (χ0v) is 11.6. The first-order chi connectivity index (χ1) is 9.24. The summed E-state index contributed by atoms with van der Waals surface area (Å²) in [6.45, 7) is 1.58. The Bertz CT molecular complexity index is 483. The number of hydrogen-bond donors (Lipinski definition) is 1. The second kappa shape index (κ2) is 5.51. The van der Waals surface area contributed by atoms with E-state index >= 15 is 0 Å². The van der Waals surface area contributed by atoms with Crippen LogP contribution in [-0.4, -0.2) is 25.2 Å². The number of nitrogens with one attached hydrogen (secondary N) is 1. The number of fused-ring (bicyclic) bond motifs is 1. The van der Waals surface area contributed by atoms with Gasteiger partial charge in [0, 0.05) is 18.7 Å². The second-order valence-electron chi connectivity index (χ2n) is 5.26. The summed E-state index contributed by atoms with van der Waals surface area (Å²) < 4.78 is 5.62. The molecule has 4 heteroatoms. The number of alkyl halides is 1. The van der Waals surface area contributed by atoms with Crippen molar-refractivity contribution in [2.75, 3.05) is 13.2 Å². The molecule has 2 heterocycles. The highest BCUT2D eigenvalue weighted by Crippen LogP contribution is 2.31. The van der Waals surface area contributed by atoms with E-state index in [4.69, 9.17) is 16.3 Å². The molecule has 0 spiro atoms. The molecule has 0 saturated carbocycles. The Morgan fingerprint density at radius 3 is 3.16 bits per heavy atom. The molecule has 1 saturated heterocycles. The minimum atomic E-state index is -0.0804. The van der Waals surface area contributed by atoms with Gasteiger partial charge in [0.15, 0.2) is 0 Å². The van der Waals surface area contributed by atoms with E-state index in [0.717, 1.165) is 55.5 Å². The lowest BCUT2D eigenvalue weighted by atomic mass is 9.95. The highest BCUT2D eigenvalue weighted by atomic mass is 35.5. The number of ether oxygens (including phenoxy) is 1. The molecular weight excluding hydrogens is 262 g/mol. The van der Waals surface area contributed by atoms with E-state index < -0.39 is 0 Å². The Labute approximate surface area is 118 Å². The van der Waals surface area contributed by atoms with Crippen LogP contribution in [0.15, 0.2) is 18.2 Å². The smallest absolute Gasteiger partial charge is 0.251 e. The van der Waals surface area contributed by atoms with Crippen LogP contribution in [0.2, 0.25) is 0 Å². The minimum Gasteiger partial charge on any atom is -0.378 e. The van der Waals surface area contributed by atoms with Crippen molar-refractivity contribution in [2.24, 2.45) is 0 Å². The Balaban J connectivity index is 1.76. The van der Waals surface area contributed by atoms with Crippen LogP contribution in [0.25, 0.3) is 0 Å². The summed E-state index contributed by atoms with van der Waals surface area (Å²) in [7, 11) is 0. The van der Waals surface area contributed by atoms with E-state index in [0.29, 0.717) is 0 Å². The van der Waals surface area contributed by atoms with Crippen LogP contribution < -0.4 is 5.32 Å². The van der Waals surface area contributed by atoms with Crippen LogP contribution >= 0.6 is 11.6 Å². The molecule has 19 heavy (non-hydrogen) atoms. The van der Waals surface area contributed by atoms with Gasteiger partial charge in [-0.3, -0.25) is 4.79 Å². The van der Waals surface area contributed by atoms with E-state index in [1.807, 2.05) is 18.2 Å². The topological polar surface area (TPSA) is 38.3 Å². The van der Waals surface area contributed by atoms with E-state index in [-0.39, 0.29) is 17.4 Å². The molecule has 1 N–H and O–H groups in total. The second-order valence-corrected chi connectivity index (χ2v) is 5.79. The van der Waals surface area contributed by atoms with Crippen LogP contribution in [0.3, 0.4) is 0 Å². The summed E-state index contributed by atoms with van der Waals surface area (Å²) in [4.78, 5) is 11.8. The zero-order valence-electron chi connectivity index (χ0n) is 10.8. The third kappa shape index (κ3) is 2.77. The summed E-state index contributed by atoms with van der Waals surface area (Å²) in [5, 5.41) is 2.79. The average Bonchev–Trinajstić information content (AvgIpc) is 2.92. The van der Waals surface area contributed by atoms with Crippen LogP contribution in [0.1, 0.15) is 46.1 Å². The summed E-state index contributed by atoms with van der Waals surface area (Å²) >= 11 is 6.46. The van der Waals surface area contributed by atoms with Gasteiger partial charge in [0.25, 0.3) is 5.91 Å². The van der Waals surface area contributed by atoms with Crippen LogP contribution in [0.4, 0.5) is 0 Å². The van der Waals surface area contributed by atoms with Crippen molar-refractivity contribution in [3.63, 3.8) is 0 Å². The summed E-state index contributed by atoms with van der Waals surface area (Å²) in [6, 6.07) is 6.02. The van der Waals surface area contributed by atoms with Crippen molar-refractivity contribution in [3.05, 3.63) is 34.9 Å². The maximum atomic E-state index is 11.8. The predicted molar refractivity (Wildman–Crippen MR) is 74.7 cm³/mol. The SMILES string of the molecule is O=C1NCCc2ccc(C(Cl)CC3CCCO3)cc21. The maximum absolute atomic E-state index is 11.8. The molecule has 0 aromatic heterocycles. The molecule has 0 radical (unpaired) electrons. The third-order valence-corrected chi connectivity index (χ3v) is 4.34. The first kappa shape index (κ1) is 12.9. The molecule has 2 atom stereocenters. The third-order valence-electron chi connectivity index (χ3n) is 3.91. The molecule has 1 fully saturated rings. The predicted octanol–water partition coefficient (Wildman–Crippen LogP) is 2.82. The lowest BCUT2D eigenvalue weighted by molar-refractivity contribution is 0.0946. The highest BCUT2D eigenvalue weighted by Gasteiger charge is 2.23. The lowest BCUT2D eigenvalue weighted by Crippen LogP contribution is -2.31. The zero-order chi connectivity index (χ0) is 13.2. The van der Waals surface area contributed by atoms with Gasteiger partial charge in [-0.15, -0.1) is 11.6 Å². The summed E-state index contributed by atoms with van der Waals surface area (Å²) in [6.07, 6.45) is 4.21. The van der Waals surface area contributed by atoms with Gasteiger partial charge in [-0.25, -0.2) is 0 Å². The lowest BCUT2D eigenvalue weighted by Gasteiger charge is -2.20. The van der Waals surface area contributed by atoms with E-state index in [2.05, 4.69) is 5.32 Å². The number of benzene rings is 1. The Hall–Kier alpha value is -1.06. The molecule has 2 aliphatic heterocycles. The fourth-order valence-electron chi connectivity index (χ4n) is 2.82. The fraction of sp³-hybridized carbons (Fsp3) is 0.533. The molecule has 0 aliphatic carbocycles. The largest absolute Gasteiger partial charge is 0.378 e. The monoisotopic (exact) mass is 279 g/mol. The average molecular weight is 280 g/mol. The van der Waals surface area contributed by atoms with Gasteiger partial charge in [-0.2, -0.15) is 0 Å². The minimum absolute atomic E-state index is 0.0177. The molecule has 1 aromatic carbocycles. The van der Waals surface area contributed by atoms with E-state index in [9.17, 15) is 4.79 Å². The molecule has 1 amide bonds. The Morgan fingerprint density at radius 2 is 2.37 bits per heavy atom. The van der Waals surface area contributed by atoms with Gasteiger partial charge in [0.1, 0.15) is 0 Å². The standard InChI is InChI=1S/C15H18ClNO2/c16-14(9-12-2-1-7-19-12)11-4-3-10-5-6-17-15(18)13(10)8-11/h3-4,8,12,14H,1-2,5-7,9H2,(H,17,18). The number of hydrogen-bond acceptors (Lipinski definition) is 2. The first-order valence-corrected chi connectivity index (χ1v) is 7.34. The van der Waals surface area contributed by atoms with Crippen molar-refractivity contribution in [1.82, 2.24) is 5.32 Å². The van der Waals surface area contributed by atoms with Gasteiger partial charge in [-0.05, 0) is 42.9 Å². The first-order valence-electron chi connectivity index (χ1n) is 6.91. The number of carbonyl (C=O) groups is 1. The van der Waals surface area contributed by atoms with Crippen LogP contribution in [0, 0.1) is 0 Å². The van der Waals surface area contributed by atoms with Gasteiger partial charge < -0.3 is 10.1 Å². The maximum Gasteiger partial charge on any atom is 0.251 e. The molecule has 102 valence electrons. The number of rotatable bonds is 3. The summed E-state index contributed by atoms with van der Waals surface area (Å²) in [5.74, 6) is 0.0177. The van der Waals surface area contributed by atoms with Crippen molar-refractivity contribution < 1.29 is 9.53 Å². The molecule has 0 bridgehead atoms. The highest BCUT2D eigenvalue weighted by molar-refractivity contribution is 6.20. The van der Waals surface area contributed by atoms with Gasteiger partial charge >= 0.3 is 0 Å². The van der Waals surface area contributed by atoms with Crippen LogP contribution in [-0.2, 0) is 11.2 Å².